The minimum atomic E-state index is 0.201. The van der Waals surface area contributed by atoms with Crippen LogP contribution in [0.5, 0.6) is 5.75 Å². The molecule has 28 heavy (non-hydrogen) atoms. The molecule has 0 aliphatic heterocycles. The van der Waals surface area contributed by atoms with Crippen molar-refractivity contribution in [2.75, 3.05) is 0 Å². The van der Waals surface area contributed by atoms with Gasteiger partial charge in [-0.3, -0.25) is 4.98 Å². The molecule has 0 saturated heterocycles. The summed E-state index contributed by atoms with van der Waals surface area (Å²) in [5.41, 5.74) is 5.05. The molecule has 0 saturated carbocycles. The monoisotopic (exact) mass is 413 g/mol. The SMILES string of the molecule is Cc1nc2c(Cl)ccc(OCc3nn[nH]n3)c2c(C)c1Cc1ccc(Cl)cc1. The third kappa shape index (κ3) is 3.66. The van der Waals surface area contributed by atoms with Gasteiger partial charge in [0.05, 0.1) is 10.5 Å². The number of ether oxygens (including phenoxy) is 1. The summed E-state index contributed by atoms with van der Waals surface area (Å²) in [5, 5.41) is 16.0. The van der Waals surface area contributed by atoms with Gasteiger partial charge in [-0.05, 0) is 61.2 Å². The van der Waals surface area contributed by atoms with Crippen LogP contribution in [0, 0.1) is 13.8 Å². The number of H-pyrrole nitrogens is 1. The summed E-state index contributed by atoms with van der Waals surface area (Å²) in [5.74, 6) is 1.16. The molecule has 6 nitrogen and oxygen atoms in total. The minimum absolute atomic E-state index is 0.201. The lowest BCUT2D eigenvalue weighted by molar-refractivity contribution is 0.299. The number of benzene rings is 2. The molecular formula is C20H17Cl2N5O. The Kier molecular flexibility index (Phi) is 5.15. The molecule has 0 bridgehead atoms. The summed E-state index contributed by atoms with van der Waals surface area (Å²) < 4.78 is 5.96. The Balaban J connectivity index is 1.78. The molecule has 4 rings (SSSR count). The van der Waals surface area contributed by atoms with E-state index in [2.05, 4.69) is 27.5 Å². The van der Waals surface area contributed by atoms with Gasteiger partial charge < -0.3 is 4.74 Å². The molecule has 0 radical (unpaired) electrons. The summed E-state index contributed by atoms with van der Waals surface area (Å²) in [6.45, 7) is 4.27. The number of halogens is 2. The first kappa shape index (κ1) is 18.7. The van der Waals surface area contributed by atoms with Crippen LogP contribution in [0.2, 0.25) is 10.0 Å². The largest absolute Gasteiger partial charge is 0.485 e. The molecule has 0 unspecified atom stereocenters. The Morgan fingerprint density at radius 2 is 1.82 bits per heavy atom. The van der Waals surface area contributed by atoms with Gasteiger partial charge in [0.15, 0.2) is 6.61 Å². The summed E-state index contributed by atoms with van der Waals surface area (Å²) >= 11 is 12.4. The molecule has 0 spiro atoms. The first-order valence-corrected chi connectivity index (χ1v) is 9.46. The highest BCUT2D eigenvalue weighted by atomic mass is 35.5. The Hall–Kier alpha value is -2.70. The van der Waals surface area contributed by atoms with E-state index in [0.717, 1.165) is 44.7 Å². The Bertz CT molecular complexity index is 1130. The topological polar surface area (TPSA) is 76.6 Å². The van der Waals surface area contributed by atoms with Gasteiger partial charge in [0.25, 0.3) is 0 Å². The predicted molar refractivity (Wildman–Crippen MR) is 109 cm³/mol. The van der Waals surface area contributed by atoms with Crippen molar-refractivity contribution >= 4 is 34.1 Å². The highest BCUT2D eigenvalue weighted by Crippen LogP contribution is 2.36. The van der Waals surface area contributed by atoms with Crippen LogP contribution in [0.3, 0.4) is 0 Å². The van der Waals surface area contributed by atoms with Crippen molar-refractivity contribution in [3.05, 3.63) is 74.7 Å². The maximum Gasteiger partial charge on any atom is 0.211 e. The van der Waals surface area contributed by atoms with Gasteiger partial charge in [-0.2, -0.15) is 5.21 Å². The average molecular weight is 414 g/mol. The van der Waals surface area contributed by atoms with Gasteiger partial charge in [0.2, 0.25) is 5.82 Å². The van der Waals surface area contributed by atoms with Crippen LogP contribution in [-0.4, -0.2) is 25.6 Å². The first-order valence-electron chi connectivity index (χ1n) is 8.71. The molecule has 0 fully saturated rings. The highest BCUT2D eigenvalue weighted by molar-refractivity contribution is 6.35. The second-order valence-corrected chi connectivity index (χ2v) is 7.33. The molecule has 0 amide bonds. The number of aromatic amines is 1. The van der Waals surface area contributed by atoms with Crippen molar-refractivity contribution < 1.29 is 4.74 Å². The van der Waals surface area contributed by atoms with Gasteiger partial charge in [-0.25, -0.2) is 0 Å². The third-order valence-corrected chi connectivity index (χ3v) is 5.23. The summed E-state index contributed by atoms with van der Waals surface area (Å²) in [7, 11) is 0. The Morgan fingerprint density at radius 1 is 1.04 bits per heavy atom. The van der Waals surface area contributed by atoms with E-state index < -0.39 is 0 Å². The maximum atomic E-state index is 6.43. The van der Waals surface area contributed by atoms with Crippen molar-refractivity contribution in [1.82, 2.24) is 25.6 Å². The van der Waals surface area contributed by atoms with Crippen LogP contribution in [-0.2, 0) is 13.0 Å². The van der Waals surface area contributed by atoms with E-state index in [1.54, 1.807) is 6.07 Å². The molecular weight excluding hydrogens is 397 g/mol. The average Bonchev–Trinajstić information content (AvgIpc) is 3.20. The lowest BCUT2D eigenvalue weighted by Gasteiger charge is -2.16. The Morgan fingerprint density at radius 3 is 2.54 bits per heavy atom. The van der Waals surface area contributed by atoms with Gasteiger partial charge in [0, 0.05) is 16.1 Å². The fourth-order valence-electron chi connectivity index (χ4n) is 3.25. The number of aryl methyl sites for hydroxylation is 2. The van der Waals surface area contributed by atoms with Crippen molar-refractivity contribution in [2.45, 2.75) is 26.9 Å². The van der Waals surface area contributed by atoms with E-state index >= 15 is 0 Å². The second-order valence-electron chi connectivity index (χ2n) is 6.49. The standard InChI is InChI=1S/C20H17Cl2N5O/c1-11-15(9-13-3-5-14(21)6-4-13)12(2)23-20-16(22)7-8-17(19(11)20)28-10-18-24-26-27-25-18/h3-8H,9-10H2,1-2H3,(H,24,25,26,27). The van der Waals surface area contributed by atoms with Gasteiger partial charge in [-0.1, -0.05) is 40.5 Å². The molecule has 2 aromatic heterocycles. The molecule has 0 aliphatic rings. The number of hydrogen-bond donors (Lipinski definition) is 1. The van der Waals surface area contributed by atoms with Crippen LogP contribution >= 0.6 is 23.2 Å². The zero-order chi connectivity index (χ0) is 19.7. The number of hydrogen-bond acceptors (Lipinski definition) is 5. The quantitative estimate of drug-likeness (QED) is 0.506. The maximum absolute atomic E-state index is 6.43. The van der Waals surface area contributed by atoms with Crippen LogP contribution < -0.4 is 4.74 Å². The van der Waals surface area contributed by atoms with E-state index in [-0.39, 0.29) is 6.61 Å². The van der Waals surface area contributed by atoms with E-state index in [0.29, 0.717) is 16.6 Å². The van der Waals surface area contributed by atoms with E-state index in [1.165, 1.54) is 0 Å². The fraction of sp³-hybridized carbons (Fsp3) is 0.200. The molecule has 1 N–H and O–H groups in total. The molecule has 8 heteroatoms. The molecule has 2 aromatic carbocycles. The van der Waals surface area contributed by atoms with E-state index in [9.17, 15) is 0 Å². The van der Waals surface area contributed by atoms with Crippen molar-refractivity contribution in [3.63, 3.8) is 0 Å². The third-order valence-electron chi connectivity index (χ3n) is 4.67. The normalized spacial score (nSPS) is 11.1. The molecule has 4 aromatic rings. The number of tetrazole rings is 1. The smallest absolute Gasteiger partial charge is 0.211 e. The van der Waals surface area contributed by atoms with Gasteiger partial charge in [0.1, 0.15) is 5.75 Å². The van der Waals surface area contributed by atoms with E-state index in [4.69, 9.17) is 32.9 Å². The second kappa shape index (κ2) is 7.73. The number of nitrogens with one attached hydrogen (secondary N) is 1. The van der Waals surface area contributed by atoms with Gasteiger partial charge in [-0.15, -0.1) is 10.2 Å². The summed E-state index contributed by atoms with van der Waals surface area (Å²) in [6, 6.07) is 11.5. The van der Waals surface area contributed by atoms with Crippen molar-refractivity contribution in [3.8, 4) is 5.75 Å². The Labute approximate surface area is 171 Å². The minimum Gasteiger partial charge on any atom is -0.485 e. The number of pyridine rings is 1. The van der Waals surface area contributed by atoms with Crippen LogP contribution in [0.4, 0.5) is 0 Å². The summed E-state index contributed by atoms with van der Waals surface area (Å²) in [4.78, 5) is 4.77. The van der Waals surface area contributed by atoms with Crippen molar-refractivity contribution in [2.24, 2.45) is 0 Å². The molecule has 142 valence electrons. The zero-order valence-electron chi connectivity index (χ0n) is 15.3. The first-order chi connectivity index (χ1) is 13.5. The van der Waals surface area contributed by atoms with E-state index in [1.807, 2.05) is 37.3 Å². The van der Waals surface area contributed by atoms with Gasteiger partial charge >= 0.3 is 0 Å². The number of rotatable bonds is 5. The van der Waals surface area contributed by atoms with Crippen LogP contribution in [0.15, 0.2) is 36.4 Å². The van der Waals surface area contributed by atoms with Crippen LogP contribution in [0.25, 0.3) is 10.9 Å². The molecule has 0 atom stereocenters. The van der Waals surface area contributed by atoms with Crippen LogP contribution in [0.1, 0.15) is 28.2 Å². The lowest BCUT2D eigenvalue weighted by atomic mass is 9.96. The number of nitrogens with zero attached hydrogens (tertiary/aromatic N) is 4. The fourth-order valence-corrected chi connectivity index (χ4v) is 3.58. The zero-order valence-corrected chi connectivity index (χ0v) is 16.8. The number of fused-ring (bicyclic) bond motifs is 1. The molecule has 2 heterocycles. The lowest BCUT2D eigenvalue weighted by Crippen LogP contribution is -2.03. The predicted octanol–water partition coefficient (Wildman–Crippen LogP) is 4.84. The number of aromatic nitrogens is 5. The summed E-state index contributed by atoms with van der Waals surface area (Å²) in [6.07, 6.45) is 0.745. The molecule has 0 aliphatic carbocycles. The highest BCUT2D eigenvalue weighted by Gasteiger charge is 2.16. The van der Waals surface area contributed by atoms with Crippen molar-refractivity contribution in [1.29, 1.82) is 0 Å².